The predicted molar refractivity (Wildman–Crippen MR) is 81.6 cm³/mol. The molecule has 0 saturated heterocycles. The number of nitrogens with zero attached hydrogens (tertiary/aromatic N) is 1. The van der Waals surface area contributed by atoms with Gasteiger partial charge in [-0.05, 0) is 36.8 Å². The lowest BCUT2D eigenvalue weighted by Crippen LogP contribution is -2.13. The first kappa shape index (κ1) is 12.8. The lowest BCUT2D eigenvalue weighted by molar-refractivity contribution is 0.987. The second-order valence-electron chi connectivity index (χ2n) is 4.69. The second kappa shape index (κ2) is 5.02. The number of hydrogen-bond acceptors (Lipinski definition) is 1. The molecule has 1 heterocycles. The SMILES string of the molecule is Cc1ccc(-c2cn(-c3ccc(Cl)cc3)c(=O)[nH]2)cc1. The average Bonchev–Trinajstić information content (AvgIpc) is 2.82. The van der Waals surface area contributed by atoms with E-state index in [4.69, 9.17) is 11.6 Å². The third-order valence-electron chi connectivity index (χ3n) is 3.19. The number of halogens is 1. The molecule has 0 spiro atoms. The van der Waals surface area contributed by atoms with Gasteiger partial charge in [-0.1, -0.05) is 41.4 Å². The predicted octanol–water partition coefficient (Wildman–Crippen LogP) is 3.79. The highest BCUT2D eigenvalue weighted by molar-refractivity contribution is 6.30. The highest BCUT2D eigenvalue weighted by Gasteiger charge is 2.06. The summed E-state index contributed by atoms with van der Waals surface area (Å²) in [5.41, 5.74) is 3.59. The molecular weight excluding hydrogens is 272 g/mol. The first-order valence-corrected chi connectivity index (χ1v) is 6.66. The molecule has 0 aliphatic carbocycles. The van der Waals surface area contributed by atoms with Crippen LogP contribution in [0.25, 0.3) is 16.9 Å². The van der Waals surface area contributed by atoms with Crippen LogP contribution < -0.4 is 5.69 Å². The summed E-state index contributed by atoms with van der Waals surface area (Å²) in [5.74, 6) is 0. The smallest absolute Gasteiger partial charge is 0.305 e. The summed E-state index contributed by atoms with van der Waals surface area (Å²) in [6, 6.07) is 15.2. The maximum Gasteiger partial charge on any atom is 0.330 e. The van der Waals surface area contributed by atoms with Gasteiger partial charge < -0.3 is 4.98 Å². The molecule has 3 aromatic rings. The highest BCUT2D eigenvalue weighted by Crippen LogP contribution is 2.18. The molecule has 0 saturated carbocycles. The number of aryl methyl sites for hydroxylation is 1. The molecule has 2 aromatic carbocycles. The quantitative estimate of drug-likeness (QED) is 0.764. The molecule has 3 nitrogen and oxygen atoms in total. The van der Waals surface area contributed by atoms with Crippen LogP contribution in [0.2, 0.25) is 5.02 Å². The second-order valence-corrected chi connectivity index (χ2v) is 5.12. The molecule has 0 aliphatic rings. The average molecular weight is 285 g/mol. The molecule has 1 aromatic heterocycles. The van der Waals surface area contributed by atoms with Crippen molar-refractivity contribution < 1.29 is 0 Å². The third kappa shape index (κ3) is 2.40. The zero-order valence-electron chi connectivity index (χ0n) is 10.9. The third-order valence-corrected chi connectivity index (χ3v) is 3.44. The van der Waals surface area contributed by atoms with Gasteiger partial charge >= 0.3 is 5.69 Å². The van der Waals surface area contributed by atoms with Gasteiger partial charge in [0.2, 0.25) is 0 Å². The molecule has 0 aliphatic heterocycles. The van der Waals surface area contributed by atoms with E-state index in [1.54, 1.807) is 22.9 Å². The number of nitrogens with one attached hydrogen (secondary N) is 1. The fraction of sp³-hybridized carbons (Fsp3) is 0.0625. The van der Waals surface area contributed by atoms with Crippen LogP contribution >= 0.6 is 11.6 Å². The van der Waals surface area contributed by atoms with Crippen LogP contribution in [-0.4, -0.2) is 9.55 Å². The molecule has 0 bridgehead atoms. The minimum absolute atomic E-state index is 0.164. The zero-order chi connectivity index (χ0) is 14.1. The van der Waals surface area contributed by atoms with Gasteiger partial charge in [-0.3, -0.25) is 4.57 Å². The maximum atomic E-state index is 12.0. The minimum Gasteiger partial charge on any atom is -0.305 e. The van der Waals surface area contributed by atoms with Crippen molar-refractivity contribution in [3.05, 3.63) is 75.8 Å². The lowest BCUT2D eigenvalue weighted by Gasteiger charge is -2.00. The van der Waals surface area contributed by atoms with Crippen molar-refractivity contribution in [2.24, 2.45) is 0 Å². The Balaban J connectivity index is 2.05. The number of hydrogen-bond donors (Lipinski definition) is 1. The summed E-state index contributed by atoms with van der Waals surface area (Å²) in [5, 5.41) is 0.649. The van der Waals surface area contributed by atoms with Crippen molar-refractivity contribution >= 4 is 11.6 Å². The highest BCUT2D eigenvalue weighted by atomic mass is 35.5. The Morgan fingerprint density at radius 2 is 1.65 bits per heavy atom. The van der Waals surface area contributed by atoms with Crippen molar-refractivity contribution in [1.82, 2.24) is 9.55 Å². The van der Waals surface area contributed by atoms with Crippen molar-refractivity contribution in [1.29, 1.82) is 0 Å². The molecule has 20 heavy (non-hydrogen) atoms. The van der Waals surface area contributed by atoms with Gasteiger partial charge in [-0.15, -0.1) is 0 Å². The van der Waals surface area contributed by atoms with Crippen LogP contribution in [0.1, 0.15) is 5.56 Å². The number of imidazole rings is 1. The monoisotopic (exact) mass is 284 g/mol. The topological polar surface area (TPSA) is 37.8 Å². The maximum absolute atomic E-state index is 12.0. The van der Waals surface area contributed by atoms with Gasteiger partial charge in [0.15, 0.2) is 0 Å². The van der Waals surface area contributed by atoms with Crippen LogP contribution in [0.5, 0.6) is 0 Å². The molecule has 1 N–H and O–H groups in total. The standard InChI is InChI=1S/C16H13ClN2O/c1-11-2-4-12(5-3-11)15-10-19(16(20)18-15)14-8-6-13(17)7-9-14/h2-10H,1H3,(H,18,20). The summed E-state index contributed by atoms with van der Waals surface area (Å²) in [4.78, 5) is 14.9. The molecule has 0 unspecified atom stereocenters. The zero-order valence-corrected chi connectivity index (χ0v) is 11.7. The summed E-state index contributed by atoms with van der Waals surface area (Å²) in [6.07, 6.45) is 1.80. The van der Waals surface area contributed by atoms with E-state index in [1.807, 2.05) is 43.3 Å². The molecule has 0 atom stereocenters. The number of H-pyrrole nitrogens is 1. The van der Waals surface area contributed by atoms with E-state index < -0.39 is 0 Å². The van der Waals surface area contributed by atoms with Crippen LogP contribution in [-0.2, 0) is 0 Å². The van der Waals surface area contributed by atoms with E-state index in [0.717, 1.165) is 16.9 Å². The fourth-order valence-corrected chi connectivity index (χ4v) is 2.19. The van der Waals surface area contributed by atoms with E-state index in [1.165, 1.54) is 5.56 Å². The lowest BCUT2D eigenvalue weighted by atomic mass is 10.1. The summed E-state index contributed by atoms with van der Waals surface area (Å²) < 4.78 is 1.57. The van der Waals surface area contributed by atoms with Crippen molar-refractivity contribution in [3.63, 3.8) is 0 Å². The number of benzene rings is 2. The molecule has 3 rings (SSSR count). The molecule has 0 radical (unpaired) electrons. The minimum atomic E-state index is -0.164. The molecule has 0 fully saturated rings. The van der Waals surface area contributed by atoms with E-state index in [9.17, 15) is 4.79 Å². The largest absolute Gasteiger partial charge is 0.330 e. The molecule has 4 heteroatoms. The number of aromatic amines is 1. The van der Waals surface area contributed by atoms with Crippen molar-refractivity contribution in [2.75, 3.05) is 0 Å². The van der Waals surface area contributed by atoms with Crippen LogP contribution in [0.3, 0.4) is 0 Å². The Labute approximate surface area is 121 Å². The first-order chi connectivity index (χ1) is 9.63. The Bertz CT molecular complexity index is 783. The van der Waals surface area contributed by atoms with Gasteiger partial charge in [0.1, 0.15) is 0 Å². The van der Waals surface area contributed by atoms with Gasteiger partial charge in [0.05, 0.1) is 11.4 Å². The molecular formula is C16H13ClN2O. The summed E-state index contributed by atoms with van der Waals surface area (Å²) in [7, 11) is 0. The van der Waals surface area contributed by atoms with Crippen LogP contribution in [0.15, 0.2) is 59.5 Å². The molecule has 0 amide bonds. The first-order valence-electron chi connectivity index (χ1n) is 6.28. The Morgan fingerprint density at radius 3 is 2.30 bits per heavy atom. The van der Waals surface area contributed by atoms with Gasteiger partial charge in [0, 0.05) is 11.2 Å². The Morgan fingerprint density at radius 1 is 1.00 bits per heavy atom. The van der Waals surface area contributed by atoms with E-state index in [0.29, 0.717) is 5.02 Å². The van der Waals surface area contributed by atoms with Crippen LogP contribution in [0, 0.1) is 6.92 Å². The summed E-state index contributed by atoms with van der Waals surface area (Å²) >= 11 is 5.86. The number of rotatable bonds is 2. The van der Waals surface area contributed by atoms with Gasteiger partial charge in [-0.25, -0.2) is 4.79 Å². The summed E-state index contributed by atoms with van der Waals surface area (Å²) in [6.45, 7) is 2.03. The van der Waals surface area contributed by atoms with Crippen LogP contribution in [0.4, 0.5) is 0 Å². The van der Waals surface area contributed by atoms with Crippen molar-refractivity contribution in [2.45, 2.75) is 6.92 Å². The number of aromatic nitrogens is 2. The van der Waals surface area contributed by atoms with E-state index in [2.05, 4.69) is 4.98 Å². The van der Waals surface area contributed by atoms with E-state index in [-0.39, 0.29) is 5.69 Å². The van der Waals surface area contributed by atoms with Crippen molar-refractivity contribution in [3.8, 4) is 16.9 Å². The molecule has 100 valence electrons. The fourth-order valence-electron chi connectivity index (χ4n) is 2.07. The van der Waals surface area contributed by atoms with Gasteiger partial charge in [-0.2, -0.15) is 0 Å². The van der Waals surface area contributed by atoms with E-state index >= 15 is 0 Å². The normalized spacial score (nSPS) is 10.7. The Kier molecular flexibility index (Phi) is 3.20. The van der Waals surface area contributed by atoms with Gasteiger partial charge in [0.25, 0.3) is 0 Å². The Hall–Kier alpha value is -2.26.